The van der Waals surface area contributed by atoms with Crippen molar-refractivity contribution >= 4 is 51.9 Å². The number of nitrogens with zero attached hydrogens (tertiary/aromatic N) is 1. The van der Waals surface area contributed by atoms with Crippen molar-refractivity contribution in [3.63, 3.8) is 0 Å². The number of esters is 1. The van der Waals surface area contributed by atoms with Crippen LogP contribution in [0.1, 0.15) is 53.5 Å². The Labute approximate surface area is 212 Å². The molecule has 0 spiro atoms. The van der Waals surface area contributed by atoms with Crippen molar-refractivity contribution in [2.75, 3.05) is 6.61 Å². The molecule has 8 heteroatoms. The number of pyridine rings is 1. The summed E-state index contributed by atoms with van der Waals surface area (Å²) in [4.78, 5) is 16.8. The number of allylic oxidation sites excluding steroid dienone is 2. The van der Waals surface area contributed by atoms with E-state index in [1.807, 2.05) is 6.07 Å². The lowest BCUT2D eigenvalue weighted by molar-refractivity contribution is 0.0519. The fourth-order valence-corrected chi connectivity index (χ4v) is 4.51. The summed E-state index contributed by atoms with van der Waals surface area (Å²) in [5.74, 6) is -0.337. The molecule has 1 aliphatic carbocycles. The van der Waals surface area contributed by atoms with E-state index in [0.717, 1.165) is 36.0 Å². The van der Waals surface area contributed by atoms with Crippen molar-refractivity contribution in [2.24, 2.45) is 0 Å². The van der Waals surface area contributed by atoms with E-state index in [1.54, 1.807) is 37.3 Å². The average molecular weight is 521 g/mol. The summed E-state index contributed by atoms with van der Waals surface area (Å²) in [5, 5.41) is 1.11. The number of halogens is 4. The van der Waals surface area contributed by atoms with E-state index in [-0.39, 0.29) is 23.9 Å². The Balaban J connectivity index is 1.71. The number of hydrogen-bond donors (Lipinski definition) is 0. The van der Waals surface area contributed by atoms with Gasteiger partial charge < -0.3 is 9.47 Å². The van der Waals surface area contributed by atoms with Crippen LogP contribution in [0.15, 0.2) is 48.5 Å². The molecule has 1 aliphatic rings. The molecule has 0 unspecified atom stereocenters. The topological polar surface area (TPSA) is 48.4 Å². The maximum Gasteiger partial charge on any atom is 0.358 e. The third-order valence-corrected chi connectivity index (χ3v) is 6.40. The number of carbonyl (C=O) groups is 1. The van der Waals surface area contributed by atoms with Crippen molar-refractivity contribution in [1.82, 2.24) is 4.98 Å². The number of hydrogen-bond acceptors (Lipinski definition) is 4. The molecule has 0 N–H and O–H groups in total. The van der Waals surface area contributed by atoms with Crippen LogP contribution < -0.4 is 4.74 Å². The Morgan fingerprint density at radius 2 is 1.79 bits per heavy atom. The van der Waals surface area contributed by atoms with Gasteiger partial charge in [-0.05, 0) is 79.8 Å². The van der Waals surface area contributed by atoms with Gasteiger partial charge in [0.2, 0.25) is 0 Å². The Hall–Kier alpha value is -2.60. The van der Waals surface area contributed by atoms with Crippen LogP contribution in [-0.4, -0.2) is 17.6 Å². The van der Waals surface area contributed by atoms with Crippen molar-refractivity contribution in [1.29, 1.82) is 0 Å². The summed E-state index contributed by atoms with van der Waals surface area (Å²) in [7, 11) is 0. The molecule has 34 heavy (non-hydrogen) atoms. The van der Waals surface area contributed by atoms with Crippen LogP contribution in [0.4, 0.5) is 4.39 Å². The SMILES string of the molecule is CCOC(=O)c1nc(C2=C(c3cc(Cl)ccc3OCc3ccc(F)cc3Cl)CCC2)ccc1Cl. The predicted octanol–water partition coefficient (Wildman–Crippen LogP) is 8.03. The van der Waals surface area contributed by atoms with Gasteiger partial charge in [0.05, 0.1) is 22.3 Å². The first kappa shape index (κ1) is 24.5. The number of rotatable bonds is 7. The highest BCUT2D eigenvalue weighted by Gasteiger charge is 2.24. The molecule has 1 aromatic heterocycles. The summed E-state index contributed by atoms with van der Waals surface area (Å²) in [6.45, 7) is 2.13. The van der Waals surface area contributed by atoms with Gasteiger partial charge in [-0.3, -0.25) is 0 Å². The third-order valence-electron chi connectivity index (χ3n) is 5.51. The minimum atomic E-state index is -0.558. The van der Waals surface area contributed by atoms with Gasteiger partial charge in [-0.2, -0.15) is 0 Å². The maximum atomic E-state index is 13.4. The lowest BCUT2D eigenvalue weighted by Crippen LogP contribution is -2.09. The quantitative estimate of drug-likeness (QED) is 0.296. The first-order valence-corrected chi connectivity index (χ1v) is 11.9. The van der Waals surface area contributed by atoms with E-state index in [9.17, 15) is 9.18 Å². The number of carbonyl (C=O) groups excluding carboxylic acids is 1. The molecule has 1 heterocycles. The summed E-state index contributed by atoms with van der Waals surface area (Å²) in [6.07, 6.45) is 2.49. The Morgan fingerprint density at radius 3 is 2.56 bits per heavy atom. The predicted molar refractivity (Wildman–Crippen MR) is 133 cm³/mol. The van der Waals surface area contributed by atoms with E-state index < -0.39 is 11.8 Å². The van der Waals surface area contributed by atoms with Gasteiger partial charge in [0, 0.05) is 16.1 Å². The highest BCUT2D eigenvalue weighted by molar-refractivity contribution is 6.33. The monoisotopic (exact) mass is 519 g/mol. The van der Waals surface area contributed by atoms with E-state index >= 15 is 0 Å². The molecule has 0 bridgehead atoms. The van der Waals surface area contributed by atoms with Crippen molar-refractivity contribution in [2.45, 2.75) is 32.8 Å². The van der Waals surface area contributed by atoms with Gasteiger partial charge in [0.25, 0.3) is 0 Å². The van der Waals surface area contributed by atoms with Crippen LogP contribution in [-0.2, 0) is 11.3 Å². The van der Waals surface area contributed by atoms with Crippen LogP contribution in [0.2, 0.25) is 15.1 Å². The molecular weight excluding hydrogens is 500 g/mol. The summed E-state index contributed by atoms with van der Waals surface area (Å²) in [6, 6.07) is 13.1. The highest BCUT2D eigenvalue weighted by atomic mass is 35.5. The molecule has 0 fully saturated rings. The Bertz CT molecular complexity index is 1280. The number of ether oxygens (including phenoxy) is 2. The zero-order valence-corrected chi connectivity index (χ0v) is 20.6. The second-order valence-electron chi connectivity index (χ2n) is 7.72. The minimum Gasteiger partial charge on any atom is -0.488 e. The zero-order chi connectivity index (χ0) is 24.2. The molecule has 0 saturated heterocycles. The average Bonchev–Trinajstić information content (AvgIpc) is 3.29. The van der Waals surface area contributed by atoms with E-state index in [4.69, 9.17) is 44.3 Å². The zero-order valence-electron chi connectivity index (χ0n) is 18.3. The third kappa shape index (κ3) is 5.38. The van der Waals surface area contributed by atoms with Gasteiger partial charge in [-0.25, -0.2) is 14.2 Å². The van der Waals surface area contributed by atoms with Crippen LogP contribution in [0.5, 0.6) is 5.75 Å². The van der Waals surface area contributed by atoms with E-state index in [2.05, 4.69) is 4.98 Å². The van der Waals surface area contributed by atoms with Crippen LogP contribution in [0.3, 0.4) is 0 Å². The largest absolute Gasteiger partial charge is 0.488 e. The molecule has 0 radical (unpaired) electrons. The summed E-state index contributed by atoms with van der Waals surface area (Å²) >= 11 is 18.7. The van der Waals surface area contributed by atoms with Gasteiger partial charge in [-0.15, -0.1) is 0 Å². The minimum absolute atomic E-state index is 0.0910. The first-order valence-electron chi connectivity index (χ1n) is 10.8. The van der Waals surface area contributed by atoms with Crippen LogP contribution in [0.25, 0.3) is 11.1 Å². The molecule has 4 nitrogen and oxygen atoms in total. The van der Waals surface area contributed by atoms with Crippen LogP contribution >= 0.6 is 34.8 Å². The smallest absolute Gasteiger partial charge is 0.358 e. The van der Waals surface area contributed by atoms with Gasteiger partial charge in [0.1, 0.15) is 18.2 Å². The molecule has 0 atom stereocenters. The molecule has 0 amide bonds. The highest BCUT2D eigenvalue weighted by Crippen LogP contribution is 2.43. The summed E-state index contributed by atoms with van der Waals surface area (Å²) in [5.41, 5.74) is 4.29. The Morgan fingerprint density at radius 1 is 1.00 bits per heavy atom. The number of aromatic nitrogens is 1. The fraction of sp³-hybridized carbons (Fsp3) is 0.231. The van der Waals surface area contributed by atoms with E-state index in [0.29, 0.717) is 27.1 Å². The van der Waals surface area contributed by atoms with Gasteiger partial charge in [0.15, 0.2) is 5.69 Å². The van der Waals surface area contributed by atoms with Crippen LogP contribution in [0, 0.1) is 5.82 Å². The molecule has 4 rings (SSSR count). The van der Waals surface area contributed by atoms with Crippen molar-refractivity contribution in [3.8, 4) is 5.75 Å². The Kier molecular flexibility index (Phi) is 7.77. The lowest BCUT2D eigenvalue weighted by Gasteiger charge is -2.16. The van der Waals surface area contributed by atoms with Gasteiger partial charge >= 0.3 is 5.97 Å². The van der Waals surface area contributed by atoms with E-state index in [1.165, 1.54) is 12.1 Å². The van der Waals surface area contributed by atoms with Crippen molar-refractivity contribution in [3.05, 3.63) is 91.9 Å². The molecule has 2 aromatic carbocycles. The lowest BCUT2D eigenvalue weighted by atomic mass is 9.98. The molecule has 0 saturated carbocycles. The molecule has 0 aliphatic heterocycles. The standard InChI is InChI=1S/C26H21Cl3FNO3/c1-2-33-26(32)25-21(28)9-10-23(31-25)19-5-3-4-18(19)20-12-16(27)7-11-24(20)34-14-15-6-8-17(30)13-22(15)29/h6-13H,2-5,14H2,1H3. The summed E-state index contributed by atoms with van der Waals surface area (Å²) < 4.78 is 24.6. The molecular formula is C26H21Cl3FNO3. The second-order valence-corrected chi connectivity index (χ2v) is 8.97. The molecule has 176 valence electrons. The maximum absolute atomic E-state index is 13.4. The normalized spacial score (nSPS) is 13.3. The van der Waals surface area contributed by atoms with Crippen molar-refractivity contribution < 1.29 is 18.7 Å². The first-order chi connectivity index (χ1) is 16.4. The second kappa shape index (κ2) is 10.8. The molecule has 3 aromatic rings. The number of benzene rings is 2. The van der Waals surface area contributed by atoms with Gasteiger partial charge in [-0.1, -0.05) is 40.9 Å². The fourth-order valence-electron chi connectivity index (χ4n) is 3.93.